The van der Waals surface area contributed by atoms with Crippen LogP contribution in [-0.4, -0.2) is 86.0 Å². The van der Waals surface area contributed by atoms with E-state index in [0.717, 1.165) is 5.56 Å². The maximum absolute atomic E-state index is 13.6. The van der Waals surface area contributed by atoms with Gasteiger partial charge in [-0.1, -0.05) is 6.92 Å². The minimum absolute atomic E-state index is 0.0406. The van der Waals surface area contributed by atoms with Gasteiger partial charge in [0.15, 0.2) is 32.8 Å². The standard InChI is InChI=1S/C29H43NO9S/c1-7-13-38-29-26(37-14-8-12-31)18-21(19-27(29)40(32,33)15-11-30(2)3)23-10-9-22(39-23)20-16-24(34-4)28(36-6)25(17-20)35-5/h16-19,22-23,31H,7-15H2,1-6H3/t22-,23-/m0/s1. The summed E-state index contributed by atoms with van der Waals surface area (Å²) in [4.78, 5) is 1.92. The Morgan fingerprint density at radius 3 is 2.00 bits per heavy atom. The first-order chi connectivity index (χ1) is 19.2. The number of sulfone groups is 1. The third kappa shape index (κ3) is 7.72. The predicted molar refractivity (Wildman–Crippen MR) is 152 cm³/mol. The fourth-order valence-corrected chi connectivity index (χ4v) is 6.12. The van der Waals surface area contributed by atoms with Crippen molar-refractivity contribution in [2.45, 2.75) is 49.7 Å². The molecule has 0 saturated carbocycles. The van der Waals surface area contributed by atoms with Crippen molar-refractivity contribution in [2.24, 2.45) is 0 Å². The summed E-state index contributed by atoms with van der Waals surface area (Å²) in [5.41, 5.74) is 1.57. The first-order valence-electron chi connectivity index (χ1n) is 13.6. The maximum atomic E-state index is 13.6. The highest BCUT2D eigenvalue weighted by Crippen LogP contribution is 2.48. The molecule has 2 atom stereocenters. The molecule has 224 valence electrons. The Labute approximate surface area is 238 Å². The van der Waals surface area contributed by atoms with Crippen molar-refractivity contribution >= 4 is 9.84 Å². The molecular formula is C29H43NO9S. The van der Waals surface area contributed by atoms with Crippen LogP contribution in [0.4, 0.5) is 0 Å². The summed E-state index contributed by atoms with van der Waals surface area (Å²) in [6.07, 6.45) is 1.86. The molecule has 1 N–H and O–H groups in total. The van der Waals surface area contributed by atoms with E-state index in [2.05, 4.69) is 0 Å². The lowest BCUT2D eigenvalue weighted by molar-refractivity contribution is 0.0434. The Kier molecular flexibility index (Phi) is 11.7. The molecule has 2 aromatic carbocycles. The van der Waals surface area contributed by atoms with Crippen LogP contribution in [0.25, 0.3) is 0 Å². The van der Waals surface area contributed by atoms with E-state index in [1.54, 1.807) is 33.5 Å². The van der Waals surface area contributed by atoms with Gasteiger partial charge in [0.05, 0.1) is 52.5 Å². The lowest BCUT2D eigenvalue weighted by Gasteiger charge is -2.21. The zero-order valence-corrected chi connectivity index (χ0v) is 25.2. The molecular weight excluding hydrogens is 538 g/mol. The minimum atomic E-state index is -3.71. The Hall–Kier alpha value is -2.73. The number of aliphatic hydroxyl groups excluding tert-OH is 1. The van der Waals surface area contributed by atoms with Crippen LogP contribution in [0.2, 0.25) is 0 Å². The number of aliphatic hydroxyl groups is 1. The molecule has 0 spiro atoms. The first-order valence-corrected chi connectivity index (χ1v) is 15.2. The molecule has 40 heavy (non-hydrogen) atoms. The molecule has 0 unspecified atom stereocenters. The zero-order chi connectivity index (χ0) is 29.3. The van der Waals surface area contributed by atoms with Gasteiger partial charge in [-0.05, 0) is 68.8 Å². The van der Waals surface area contributed by atoms with Crippen molar-refractivity contribution in [3.05, 3.63) is 35.4 Å². The largest absolute Gasteiger partial charge is 0.493 e. The lowest BCUT2D eigenvalue weighted by atomic mass is 10.0. The monoisotopic (exact) mass is 581 g/mol. The fourth-order valence-electron chi connectivity index (χ4n) is 4.54. The summed E-state index contributed by atoms with van der Waals surface area (Å²) in [6, 6.07) is 7.21. The summed E-state index contributed by atoms with van der Waals surface area (Å²) < 4.78 is 62.0. The van der Waals surface area contributed by atoms with Gasteiger partial charge in [-0.3, -0.25) is 0 Å². The summed E-state index contributed by atoms with van der Waals surface area (Å²) in [5, 5.41) is 9.28. The number of hydrogen-bond donors (Lipinski definition) is 1. The molecule has 0 bridgehead atoms. The average Bonchev–Trinajstić information content (AvgIpc) is 3.45. The minimum Gasteiger partial charge on any atom is -0.493 e. The predicted octanol–water partition coefficient (Wildman–Crippen LogP) is 4.19. The topological polar surface area (TPSA) is 113 Å². The number of ether oxygens (including phenoxy) is 6. The van der Waals surface area contributed by atoms with Crippen LogP contribution < -0.4 is 23.7 Å². The van der Waals surface area contributed by atoms with Crippen molar-refractivity contribution in [3.8, 4) is 28.7 Å². The third-order valence-corrected chi connectivity index (χ3v) is 8.34. The molecule has 1 aliphatic heterocycles. The van der Waals surface area contributed by atoms with Crippen molar-refractivity contribution in [3.63, 3.8) is 0 Å². The number of rotatable bonds is 16. The Bertz CT molecular complexity index is 1190. The third-order valence-electron chi connectivity index (χ3n) is 6.65. The Balaban J connectivity index is 2.02. The molecule has 0 radical (unpaired) electrons. The molecule has 3 rings (SSSR count). The van der Waals surface area contributed by atoms with E-state index in [1.807, 2.05) is 38.1 Å². The molecule has 11 heteroatoms. The summed E-state index contributed by atoms with van der Waals surface area (Å²) >= 11 is 0. The highest BCUT2D eigenvalue weighted by molar-refractivity contribution is 7.91. The lowest BCUT2D eigenvalue weighted by Crippen LogP contribution is -2.22. The Morgan fingerprint density at radius 1 is 0.875 bits per heavy atom. The highest BCUT2D eigenvalue weighted by atomic mass is 32.2. The second-order valence-corrected chi connectivity index (χ2v) is 12.0. The van der Waals surface area contributed by atoms with Gasteiger partial charge >= 0.3 is 0 Å². The van der Waals surface area contributed by atoms with E-state index < -0.39 is 9.84 Å². The van der Waals surface area contributed by atoms with Gasteiger partial charge in [0.1, 0.15) is 4.90 Å². The molecule has 10 nitrogen and oxygen atoms in total. The first kappa shape index (κ1) is 31.8. The van der Waals surface area contributed by atoms with E-state index in [0.29, 0.717) is 67.4 Å². The van der Waals surface area contributed by atoms with Gasteiger partial charge in [0.25, 0.3) is 0 Å². The average molecular weight is 582 g/mol. The molecule has 0 aromatic heterocycles. The molecule has 1 aliphatic rings. The van der Waals surface area contributed by atoms with Gasteiger partial charge < -0.3 is 38.4 Å². The molecule has 1 heterocycles. The number of methoxy groups -OCH3 is 3. The van der Waals surface area contributed by atoms with Crippen molar-refractivity contribution < 1.29 is 41.9 Å². The summed E-state index contributed by atoms with van der Waals surface area (Å²) in [6.45, 7) is 2.84. The number of nitrogens with zero attached hydrogens (tertiary/aromatic N) is 1. The number of hydrogen-bond acceptors (Lipinski definition) is 10. The van der Waals surface area contributed by atoms with Crippen LogP contribution >= 0.6 is 0 Å². The van der Waals surface area contributed by atoms with Gasteiger partial charge in [0, 0.05) is 19.6 Å². The molecule has 0 aliphatic carbocycles. The van der Waals surface area contributed by atoms with Gasteiger partial charge in [-0.25, -0.2) is 8.42 Å². The van der Waals surface area contributed by atoms with E-state index in [4.69, 9.17) is 28.4 Å². The Morgan fingerprint density at radius 2 is 1.48 bits per heavy atom. The smallest absolute Gasteiger partial charge is 0.203 e. The van der Waals surface area contributed by atoms with Crippen LogP contribution in [0.1, 0.15) is 55.9 Å². The van der Waals surface area contributed by atoms with Crippen LogP contribution in [0.15, 0.2) is 29.2 Å². The van der Waals surface area contributed by atoms with E-state index in [1.165, 1.54) is 0 Å². The van der Waals surface area contributed by atoms with Gasteiger partial charge in [0.2, 0.25) is 5.75 Å². The number of benzene rings is 2. The molecule has 2 aromatic rings. The quantitative estimate of drug-likeness (QED) is 0.290. The normalized spacial score (nSPS) is 17.2. The van der Waals surface area contributed by atoms with Crippen LogP contribution in [-0.2, 0) is 14.6 Å². The van der Waals surface area contributed by atoms with E-state index in [-0.39, 0.29) is 41.8 Å². The van der Waals surface area contributed by atoms with E-state index in [9.17, 15) is 13.5 Å². The van der Waals surface area contributed by atoms with Crippen molar-refractivity contribution in [1.82, 2.24) is 4.90 Å². The van der Waals surface area contributed by atoms with Gasteiger partial charge in [-0.2, -0.15) is 0 Å². The molecule has 1 saturated heterocycles. The summed E-state index contributed by atoms with van der Waals surface area (Å²) in [7, 11) is 4.65. The fraction of sp³-hybridized carbons (Fsp3) is 0.586. The van der Waals surface area contributed by atoms with Crippen molar-refractivity contribution in [2.75, 3.05) is 67.5 Å². The zero-order valence-electron chi connectivity index (χ0n) is 24.4. The second-order valence-electron chi connectivity index (χ2n) is 9.89. The van der Waals surface area contributed by atoms with Crippen molar-refractivity contribution in [1.29, 1.82) is 0 Å². The van der Waals surface area contributed by atoms with Crippen LogP contribution in [0.3, 0.4) is 0 Å². The van der Waals surface area contributed by atoms with E-state index >= 15 is 0 Å². The molecule has 0 amide bonds. The van der Waals surface area contributed by atoms with Gasteiger partial charge in [-0.15, -0.1) is 0 Å². The highest BCUT2D eigenvalue weighted by Gasteiger charge is 2.33. The second kappa shape index (κ2) is 14.8. The SMILES string of the molecule is CCCOc1c(OCCCO)cc([C@@H]2CC[C@@H](c3cc(OC)c(OC)c(OC)c3)O2)cc1S(=O)(=O)CCN(C)C. The van der Waals surface area contributed by atoms with Crippen LogP contribution in [0, 0.1) is 0 Å². The van der Waals surface area contributed by atoms with Crippen LogP contribution in [0.5, 0.6) is 28.7 Å². The molecule has 1 fully saturated rings. The maximum Gasteiger partial charge on any atom is 0.203 e. The summed E-state index contributed by atoms with van der Waals surface area (Å²) in [5.74, 6) is 2.05.